The van der Waals surface area contributed by atoms with E-state index in [4.69, 9.17) is 9.84 Å². The van der Waals surface area contributed by atoms with Crippen molar-refractivity contribution in [1.82, 2.24) is 5.32 Å². The van der Waals surface area contributed by atoms with Crippen LogP contribution in [0.2, 0.25) is 0 Å². The molecule has 0 aliphatic heterocycles. The van der Waals surface area contributed by atoms with Gasteiger partial charge in [-0.3, -0.25) is 0 Å². The summed E-state index contributed by atoms with van der Waals surface area (Å²) in [5.41, 5.74) is 1.77. The third-order valence-corrected chi connectivity index (χ3v) is 3.00. The molecule has 1 rings (SSSR count). The van der Waals surface area contributed by atoms with E-state index in [0.717, 1.165) is 11.3 Å². The fourth-order valence-electron chi connectivity index (χ4n) is 1.77. The lowest BCUT2D eigenvalue weighted by Gasteiger charge is -2.13. The number of ether oxygens (including phenoxy) is 1. The lowest BCUT2D eigenvalue weighted by atomic mass is 10.1. The molecule has 5 nitrogen and oxygen atoms in total. The predicted octanol–water partition coefficient (Wildman–Crippen LogP) is 2.75. The van der Waals surface area contributed by atoms with Crippen molar-refractivity contribution in [1.29, 1.82) is 0 Å². The monoisotopic (exact) mass is 294 g/mol. The van der Waals surface area contributed by atoms with E-state index in [0.29, 0.717) is 19.6 Å². The lowest BCUT2D eigenvalue weighted by molar-refractivity contribution is 0.0657. The molecule has 0 radical (unpaired) electrons. The Balaban J connectivity index is 2.43. The van der Waals surface area contributed by atoms with Crippen LogP contribution in [0, 0.1) is 5.92 Å². The van der Waals surface area contributed by atoms with Crippen molar-refractivity contribution in [2.45, 2.75) is 39.9 Å². The molecular formula is C16H26N2O3. The molecule has 0 heterocycles. The van der Waals surface area contributed by atoms with E-state index in [1.54, 1.807) is 0 Å². The summed E-state index contributed by atoms with van der Waals surface area (Å²) < 4.78 is 5.54. The summed E-state index contributed by atoms with van der Waals surface area (Å²) in [6.45, 7) is 7.18. The van der Waals surface area contributed by atoms with Gasteiger partial charge < -0.3 is 20.5 Å². The molecule has 0 bridgehead atoms. The number of hydrogen-bond donors (Lipinski definition) is 3. The number of rotatable bonds is 8. The van der Waals surface area contributed by atoms with Crippen molar-refractivity contribution in [3.8, 4) is 0 Å². The molecular weight excluding hydrogens is 268 g/mol. The Morgan fingerprint density at radius 3 is 2.76 bits per heavy atom. The minimum absolute atomic E-state index is 0.141. The van der Waals surface area contributed by atoms with Crippen LogP contribution in [0.25, 0.3) is 0 Å². The van der Waals surface area contributed by atoms with Gasteiger partial charge in [0.05, 0.1) is 12.7 Å². The number of carbonyl (C=O) groups excluding carboxylic acids is 1. The summed E-state index contributed by atoms with van der Waals surface area (Å²) in [6, 6.07) is 7.37. The van der Waals surface area contributed by atoms with Gasteiger partial charge in [0.15, 0.2) is 0 Å². The van der Waals surface area contributed by atoms with Crippen molar-refractivity contribution in [3.63, 3.8) is 0 Å². The van der Waals surface area contributed by atoms with Crippen molar-refractivity contribution in [2.75, 3.05) is 18.5 Å². The Morgan fingerprint density at radius 2 is 2.10 bits per heavy atom. The second kappa shape index (κ2) is 9.37. The number of amides is 2. The quantitative estimate of drug-likeness (QED) is 0.690. The smallest absolute Gasteiger partial charge is 0.319 e. The van der Waals surface area contributed by atoms with E-state index in [9.17, 15) is 4.79 Å². The zero-order chi connectivity index (χ0) is 15.7. The van der Waals surface area contributed by atoms with E-state index in [1.165, 1.54) is 0 Å². The molecule has 1 unspecified atom stereocenters. The summed E-state index contributed by atoms with van der Waals surface area (Å²) in [4.78, 5) is 11.8. The van der Waals surface area contributed by atoms with Crippen LogP contribution in [0.15, 0.2) is 24.3 Å². The van der Waals surface area contributed by atoms with E-state index >= 15 is 0 Å². The molecule has 1 aromatic carbocycles. The highest BCUT2D eigenvalue weighted by molar-refractivity contribution is 5.89. The standard InChI is InChI=1S/C16H26N2O3/c1-12(2)21-11-14-5-4-6-15(9-14)18-16(20)17-10-13(3)7-8-19/h4-6,9,12-13,19H,7-8,10-11H2,1-3H3,(H2,17,18,20). The van der Waals surface area contributed by atoms with Crippen LogP contribution < -0.4 is 10.6 Å². The normalized spacial score (nSPS) is 12.2. The van der Waals surface area contributed by atoms with E-state index in [-0.39, 0.29) is 24.7 Å². The molecule has 21 heavy (non-hydrogen) atoms. The minimum atomic E-state index is -0.235. The van der Waals surface area contributed by atoms with Crippen LogP contribution in [-0.4, -0.2) is 30.4 Å². The Kier molecular flexibility index (Phi) is 7.79. The van der Waals surface area contributed by atoms with Crippen molar-refractivity contribution in [3.05, 3.63) is 29.8 Å². The molecule has 1 aromatic rings. The van der Waals surface area contributed by atoms with Crippen LogP contribution in [0.3, 0.4) is 0 Å². The number of aliphatic hydroxyl groups excluding tert-OH is 1. The fourth-order valence-corrected chi connectivity index (χ4v) is 1.77. The topological polar surface area (TPSA) is 70.6 Å². The highest BCUT2D eigenvalue weighted by atomic mass is 16.5. The molecule has 0 saturated heterocycles. The number of nitrogens with one attached hydrogen (secondary N) is 2. The van der Waals surface area contributed by atoms with Gasteiger partial charge >= 0.3 is 6.03 Å². The largest absolute Gasteiger partial charge is 0.396 e. The summed E-state index contributed by atoms with van der Waals surface area (Å²) in [5.74, 6) is 0.256. The third kappa shape index (κ3) is 7.68. The first-order valence-corrected chi connectivity index (χ1v) is 7.37. The van der Waals surface area contributed by atoms with Gasteiger partial charge in [0, 0.05) is 18.8 Å². The molecule has 0 aromatic heterocycles. The minimum Gasteiger partial charge on any atom is -0.396 e. The highest BCUT2D eigenvalue weighted by Gasteiger charge is 2.06. The first kappa shape index (κ1) is 17.5. The van der Waals surface area contributed by atoms with E-state index < -0.39 is 0 Å². The predicted molar refractivity (Wildman–Crippen MR) is 84.3 cm³/mol. The fraction of sp³-hybridized carbons (Fsp3) is 0.562. The van der Waals surface area contributed by atoms with E-state index in [1.807, 2.05) is 45.0 Å². The number of carbonyl (C=O) groups is 1. The summed E-state index contributed by atoms with van der Waals surface area (Å²) in [5, 5.41) is 14.4. The van der Waals surface area contributed by atoms with Crippen LogP contribution >= 0.6 is 0 Å². The highest BCUT2D eigenvalue weighted by Crippen LogP contribution is 2.12. The Bertz CT molecular complexity index is 435. The number of aliphatic hydroxyl groups is 1. The Labute approximate surface area is 126 Å². The van der Waals surface area contributed by atoms with E-state index in [2.05, 4.69) is 10.6 Å². The van der Waals surface area contributed by atoms with Gasteiger partial charge in [0.2, 0.25) is 0 Å². The molecule has 0 spiro atoms. The maximum Gasteiger partial charge on any atom is 0.319 e. The first-order chi connectivity index (χ1) is 10.0. The maximum atomic E-state index is 11.8. The van der Waals surface area contributed by atoms with Crippen molar-refractivity contribution < 1.29 is 14.6 Å². The molecule has 0 aliphatic carbocycles. The van der Waals surface area contributed by atoms with Crippen molar-refractivity contribution in [2.24, 2.45) is 5.92 Å². The summed E-state index contributed by atoms with van der Waals surface area (Å²) in [7, 11) is 0. The molecule has 118 valence electrons. The summed E-state index contributed by atoms with van der Waals surface area (Å²) >= 11 is 0. The van der Waals surface area contributed by atoms with Crippen molar-refractivity contribution >= 4 is 11.7 Å². The van der Waals surface area contributed by atoms with Gasteiger partial charge in [0.25, 0.3) is 0 Å². The van der Waals surface area contributed by atoms with Gasteiger partial charge in [0.1, 0.15) is 0 Å². The van der Waals surface area contributed by atoms with Gasteiger partial charge in [-0.2, -0.15) is 0 Å². The molecule has 2 amide bonds. The first-order valence-electron chi connectivity index (χ1n) is 7.37. The zero-order valence-electron chi connectivity index (χ0n) is 13.1. The Morgan fingerprint density at radius 1 is 1.33 bits per heavy atom. The molecule has 3 N–H and O–H groups in total. The van der Waals surface area contributed by atoms with Gasteiger partial charge in [-0.05, 0) is 43.9 Å². The SMILES string of the molecule is CC(CCO)CNC(=O)Nc1cccc(COC(C)C)c1. The maximum absolute atomic E-state index is 11.8. The van der Waals surface area contributed by atoms with Gasteiger partial charge in [-0.25, -0.2) is 4.79 Å². The number of anilines is 1. The second-order valence-electron chi connectivity index (χ2n) is 5.51. The average molecular weight is 294 g/mol. The average Bonchev–Trinajstić information content (AvgIpc) is 2.44. The summed E-state index contributed by atoms with van der Waals surface area (Å²) in [6.07, 6.45) is 0.861. The second-order valence-corrected chi connectivity index (χ2v) is 5.51. The lowest BCUT2D eigenvalue weighted by Crippen LogP contribution is -2.32. The van der Waals surface area contributed by atoms with Crippen LogP contribution in [-0.2, 0) is 11.3 Å². The van der Waals surface area contributed by atoms with Gasteiger partial charge in [-0.1, -0.05) is 19.1 Å². The van der Waals surface area contributed by atoms with Crippen LogP contribution in [0.5, 0.6) is 0 Å². The molecule has 0 fully saturated rings. The number of urea groups is 1. The molecule has 0 aliphatic rings. The third-order valence-electron chi connectivity index (χ3n) is 3.00. The molecule has 1 atom stereocenters. The van der Waals surface area contributed by atoms with Gasteiger partial charge in [-0.15, -0.1) is 0 Å². The Hall–Kier alpha value is -1.59. The molecule has 5 heteroatoms. The van der Waals surface area contributed by atoms with Crippen LogP contribution in [0.1, 0.15) is 32.8 Å². The number of hydrogen-bond acceptors (Lipinski definition) is 3. The zero-order valence-corrected chi connectivity index (χ0v) is 13.1. The number of benzene rings is 1. The molecule has 0 saturated carbocycles. The van der Waals surface area contributed by atoms with Crippen LogP contribution in [0.4, 0.5) is 10.5 Å².